The van der Waals surface area contributed by atoms with Crippen molar-refractivity contribution in [1.29, 1.82) is 0 Å². The predicted molar refractivity (Wildman–Crippen MR) is 67.0 cm³/mol. The molecular weight excluding hydrogens is 234 g/mol. The van der Waals surface area contributed by atoms with E-state index in [9.17, 15) is 5.11 Å². The monoisotopic (exact) mass is 249 g/mol. The number of aliphatic hydroxyl groups is 2. The van der Waals surface area contributed by atoms with Gasteiger partial charge in [0.2, 0.25) is 0 Å². The van der Waals surface area contributed by atoms with Crippen LogP contribution in [-0.4, -0.2) is 49.4 Å². The van der Waals surface area contributed by atoms with E-state index in [1.165, 1.54) is 6.33 Å². The minimum absolute atomic E-state index is 0.277. The highest BCUT2D eigenvalue weighted by molar-refractivity contribution is 5.81. The van der Waals surface area contributed by atoms with Crippen molar-refractivity contribution in [2.45, 2.75) is 13.0 Å². The molecule has 0 radical (unpaired) electrons. The van der Waals surface area contributed by atoms with Gasteiger partial charge in [-0.15, -0.1) is 0 Å². The lowest BCUT2D eigenvalue weighted by atomic mass is 10.2. The quantitative estimate of drug-likeness (QED) is 0.558. The summed E-state index contributed by atoms with van der Waals surface area (Å²) in [6.45, 7) is 1.98. The Bertz CT molecular complexity index is 551. The Labute approximate surface area is 104 Å². The Hall–Kier alpha value is -1.99. The number of hydrogen-bond acceptors (Lipinski definition) is 6. The molecule has 1 atom stereocenters. The minimum Gasteiger partial charge on any atom is -0.393 e. The van der Waals surface area contributed by atoms with E-state index in [-0.39, 0.29) is 6.61 Å². The number of rotatable bonds is 5. The number of H-pyrrole nitrogens is 1. The molecule has 1 unspecified atom stereocenters. The van der Waals surface area contributed by atoms with Gasteiger partial charge in [0.15, 0.2) is 11.5 Å². The summed E-state index contributed by atoms with van der Waals surface area (Å²) in [5.74, 6) is 0.653. The standard InChI is InChI=1S/C11H15N5O2/c1-7(8(18)4-17)2-3-12-10-9-11(14-5-13-9)16-6-15-10/h2,5-6,8,17-18H,3-4H2,1H3,(H2,12,13,14,15,16)/b7-2+. The molecule has 2 rings (SSSR count). The van der Waals surface area contributed by atoms with Crippen molar-refractivity contribution >= 4 is 17.0 Å². The van der Waals surface area contributed by atoms with Crippen LogP contribution in [0.1, 0.15) is 6.92 Å². The largest absolute Gasteiger partial charge is 0.393 e. The molecule has 0 amide bonds. The highest BCUT2D eigenvalue weighted by atomic mass is 16.3. The Morgan fingerprint density at radius 3 is 3.11 bits per heavy atom. The number of nitrogens with zero attached hydrogens (tertiary/aromatic N) is 3. The molecule has 4 N–H and O–H groups in total. The number of imidazole rings is 1. The Morgan fingerprint density at radius 2 is 2.33 bits per heavy atom. The molecule has 7 nitrogen and oxygen atoms in total. The van der Waals surface area contributed by atoms with Gasteiger partial charge in [-0.25, -0.2) is 15.0 Å². The van der Waals surface area contributed by atoms with E-state index in [0.717, 1.165) is 5.52 Å². The highest BCUT2D eigenvalue weighted by Crippen LogP contribution is 2.14. The molecule has 0 fully saturated rings. The van der Waals surface area contributed by atoms with E-state index < -0.39 is 6.10 Å². The summed E-state index contributed by atoms with van der Waals surface area (Å²) in [6.07, 6.45) is 3.97. The smallest absolute Gasteiger partial charge is 0.182 e. The summed E-state index contributed by atoms with van der Waals surface area (Å²) in [4.78, 5) is 15.1. The van der Waals surface area contributed by atoms with Crippen molar-refractivity contribution in [1.82, 2.24) is 19.9 Å². The molecule has 7 heteroatoms. The zero-order chi connectivity index (χ0) is 13.0. The van der Waals surface area contributed by atoms with Crippen LogP contribution in [0.5, 0.6) is 0 Å². The second-order valence-corrected chi connectivity index (χ2v) is 3.85. The van der Waals surface area contributed by atoms with Crippen LogP contribution in [0, 0.1) is 0 Å². The topological polar surface area (TPSA) is 107 Å². The fourth-order valence-electron chi connectivity index (χ4n) is 1.49. The van der Waals surface area contributed by atoms with Crippen LogP contribution in [-0.2, 0) is 0 Å². The molecule has 0 bridgehead atoms. The van der Waals surface area contributed by atoms with Gasteiger partial charge in [-0.3, -0.25) is 0 Å². The van der Waals surface area contributed by atoms with Gasteiger partial charge >= 0.3 is 0 Å². The van der Waals surface area contributed by atoms with E-state index in [2.05, 4.69) is 25.3 Å². The molecule has 0 aromatic carbocycles. The fraction of sp³-hybridized carbons (Fsp3) is 0.364. The van der Waals surface area contributed by atoms with E-state index in [4.69, 9.17) is 5.11 Å². The molecule has 96 valence electrons. The molecule has 18 heavy (non-hydrogen) atoms. The molecule has 0 aliphatic heterocycles. The number of aromatic nitrogens is 4. The van der Waals surface area contributed by atoms with Crippen molar-refractivity contribution in [3.8, 4) is 0 Å². The fourth-order valence-corrected chi connectivity index (χ4v) is 1.49. The number of anilines is 1. The summed E-state index contributed by atoms with van der Waals surface area (Å²) in [5, 5.41) is 21.3. The SMILES string of the molecule is C/C(=C\CNc1ncnc2nc[nH]c12)C(O)CO. The highest BCUT2D eigenvalue weighted by Gasteiger charge is 2.05. The number of fused-ring (bicyclic) bond motifs is 1. The van der Waals surface area contributed by atoms with Crippen LogP contribution >= 0.6 is 0 Å². The van der Waals surface area contributed by atoms with Gasteiger partial charge < -0.3 is 20.5 Å². The van der Waals surface area contributed by atoms with Crippen molar-refractivity contribution in [3.63, 3.8) is 0 Å². The zero-order valence-electron chi connectivity index (χ0n) is 9.96. The van der Waals surface area contributed by atoms with Crippen LogP contribution in [0.15, 0.2) is 24.3 Å². The normalized spacial score (nSPS) is 13.8. The first-order valence-corrected chi connectivity index (χ1v) is 5.56. The molecule has 0 saturated carbocycles. The van der Waals surface area contributed by atoms with Crippen molar-refractivity contribution in [2.75, 3.05) is 18.5 Å². The van der Waals surface area contributed by atoms with E-state index in [1.807, 2.05) is 0 Å². The molecule has 0 saturated heterocycles. The molecule has 2 aromatic rings. The molecule has 2 aromatic heterocycles. The first-order chi connectivity index (χ1) is 8.72. The van der Waals surface area contributed by atoms with Crippen LogP contribution in [0.2, 0.25) is 0 Å². The van der Waals surface area contributed by atoms with E-state index in [1.54, 1.807) is 19.3 Å². The van der Waals surface area contributed by atoms with Crippen LogP contribution in [0.25, 0.3) is 11.2 Å². The number of hydrogen-bond donors (Lipinski definition) is 4. The second-order valence-electron chi connectivity index (χ2n) is 3.85. The van der Waals surface area contributed by atoms with Gasteiger partial charge in [-0.05, 0) is 12.5 Å². The summed E-state index contributed by atoms with van der Waals surface area (Å²) in [5.41, 5.74) is 2.05. The van der Waals surface area contributed by atoms with E-state index in [0.29, 0.717) is 23.6 Å². The van der Waals surface area contributed by atoms with Gasteiger partial charge in [-0.1, -0.05) is 6.08 Å². The van der Waals surface area contributed by atoms with Crippen molar-refractivity contribution in [3.05, 3.63) is 24.3 Å². The third-order valence-corrected chi connectivity index (χ3v) is 2.62. The van der Waals surface area contributed by atoms with Gasteiger partial charge in [-0.2, -0.15) is 0 Å². The molecule has 0 aliphatic carbocycles. The Morgan fingerprint density at radius 1 is 1.50 bits per heavy atom. The van der Waals surface area contributed by atoms with Gasteiger partial charge in [0.25, 0.3) is 0 Å². The average molecular weight is 249 g/mol. The number of nitrogens with one attached hydrogen (secondary N) is 2. The minimum atomic E-state index is -0.815. The van der Waals surface area contributed by atoms with Gasteiger partial charge in [0.05, 0.1) is 19.0 Å². The Kier molecular flexibility index (Phi) is 3.85. The molecular formula is C11H15N5O2. The summed E-state index contributed by atoms with van der Waals surface area (Å²) >= 11 is 0. The van der Waals surface area contributed by atoms with Crippen LogP contribution in [0.3, 0.4) is 0 Å². The lowest BCUT2D eigenvalue weighted by Crippen LogP contribution is -2.14. The number of aromatic amines is 1. The maximum absolute atomic E-state index is 9.37. The lowest BCUT2D eigenvalue weighted by molar-refractivity contribution is 0.122. The lowest BCUT2D eigenvalue weighted by Gasteiger charge is -2.08. The van der Waals surface area contributed by atoms with Gasteiger partial charge in [0.1, 0.15) is 11.8 Å². The third kappa shape index (κ3) is 2.63. The van der Waals surface area contributed by atoms with E-state index >= 15 is 0 Å². The van der Waals surface area contributed by atoms with Crippen molar-refractivity contribution < 1.29 is 10.2 Å². The molecule has 0 spiro atoms. The second kappa shape index (κ2) is 5.56. The summed E-state index contributed by atoms with van der Waals surface area (Å²) < 4.78 is 0. The summed E-state index contributed by atoms with van der Waals surface area (Å²) in [7, 11) is 0. The number of aliphatic hydroxyl groups excluding tert-OH is 2. The van der Waals surface area contributed by atoms with Crippen LogP contribution in [0.4, 0.5) is 5.82 Å². The Balaban J connectivity index is 2.04. The van der Waals surface area contributed by atoms with Crippen LogP contribution < -0.4 is 5.32 Å². The molecule has 0 aliphatic rings. The third-order valence-electron chi connectivity index (χ3n) is 2.62. The average Bonchev–Trinajstić information content (AvgIpc) is 2.86. The first-order valence-electron chi connectivity index (χ1n) is 5.56. The zero-order valence-corrected chi connectivity index (χ0v) is 9.96. The maximum atomic E-state index is 9.37. The summed E-state index contributed by atoms with van der Waals surface area (Å²) in [6, 6.07) is 0. The molecule has 2 heterocycles. The maximum Gasteiger partial charge on any atom is 0.182 e. The first kappa shape index (κ1) is 12.5. The predicted octanol–water partition coefficient (Wildman–Crippen LogP) is 0.0643. The van der Waals surface area contributed by atoms with Gasteiger partial charge in [0, 0.05) is 6.54 Å². The van der Waals surface area contributed by atoms with Crippen molar-refractivity contribution in [2.24, 2.45) is 0 Å².